The van der Waals surface area contributed by atoms with Crippen molar-refractivity contribution in [2.75, 3.05) is 32.7 Å². The Morgan fingerprint density at radius 2 is 0.907 bits per heavy atom. The van der Waals surface area contributed by atoms with E-state index in [2.05, 4.69) is 17.6 Å². The largest absolute Gasteiger partial charge is 0.356 e. The zero-order chi connectivity index (χ0) is 32.5. The molecule has 13 nitrogen and oxygen atoms in total. The molecule has 5 N–H and O–H groups in total. The maximum atomic E-state index is 12.1. The van der Waals surface area contributed by atoms with Crippen molar-refractivity contribution in [2.24, 2.45) is 5.92 Å². The highest BCUT2D eigenvalue weighted by Crippen LogP contribution is 2.07. The number of carbonyl (C=O) groups excluding carboxylic acids is 5. The van der Waals surface area contributed by atoms with Gasteiger partial charge >= 0.3 is 0 Å². The lowest BCUT2D eigenvalue weighted by Crippen LogP contribution is -2.31. The van der Waals surface area contributed by atoms with Crippen molar-refractivity contribution in [3.63, 3.8) is 0 Å². The molecule has 0 saturated heterocycles. The number of nitrogens with zero attached hydrogens (tertiary/aromatic N) is 3. The van der Waals surface area contributed by atoms with Gasteiger partial charge in [0, 0.05) is 64.8 Å². The lowest BCUT2D eigenvalue weighted by atomic mass is 10.1. The van der Waals surface area contributed by atoms with E-state index in [9.17, 15) is 39.6 Å². The predicted molar refractivity (Wildman–Crippen MR) is 161 cm³/mol. The molecule has 0 bridgehead atoms. The van der Waals surface area contributed by atoms with Crippen LogP contribution in [0.3, 0.4) is 0 Å². The molecule has 0 atom stereocenters. The van der Waals surface area contributed by atoms with Gasteiger partial charge in [-0.05, 0) is 57.3 Å². The summed E-state index contributed by atoms with van der Waals surface area (Å²) in [6.07, 6.45) is 8.49. The van der Waals surface area contributed by atoms with E-state index < -0.39 is 11.8 Å². The number of nitrogens with one attached hydrogen (secondary N) is 2. The molecular formula is C30H57N5O8. The van der Waals surface area contributed by atoms with Crippen LogP contribution < -0.4 is 10.6 Å². The van der Waals surface area contributed by atoms with Crippen LogP contribution >= 0.6 is 0 Å². The van der Waals surface area contributed by atoms with Crippen LogP contribution in [0.2, 0.25) is 0 Å². The van der Waals surface area contributed by atoms with Crippen LogP contribution in [0, 0.1) is 5.92 Å². The molecule has 0 spiro atoms. The lowest BCUT2D eigenvalue weighted by molar-refractivity contribution is -0.166. The van der Waals surface area contributed by atoms with Gasteiger partial charge in [0.2, 0.25) is 29.5 Å². The first kappa shape index (κ1) is 40.2. The van der Waals surface area contributed by atoms with E-state index in [-0.39, 0.29) is 63.0 Å². The fraction of sp³-hybridized carbons (Fsp3) is 0.833. The fourth-order valence-electron chi connectivity index (χ4n) is 4.06. The topological polar surface area (TPSA) is 180 Å². The van der Waals surface area contributed by atoms with Gasteiger partial charge in [-0.25, -0.2) is 15.2 Å². The van der Waals surface area contributed by atoms with E-state index in [0.717, 1.165) is 43.6 Å². The highest BCUT2D eigenvalue weighted by Gasteiger charge is 2.15. The summed E-state index contributed by atoms with van der Waals surface area (Å²) in [5.74, 6) is -1.45. The van der Waals surface area contributed by atoms with E-state index in [1.807, 2.05) is 13.8 Å². The Bertz CT molecular complexity index is 811. The molecule has 0 aromatic carbocycles. The summed E-state index contributed by atoms with van der Waals surface area (Å²) in [5, 5.41) is 36.9. The van der Waals surface area contributed by atoms with Gasteiger partial charge in [0.1, 0.15) is 0 Å². The summed E-state index contributed by atoms with van der Waals surface area (Å²) < 4.78 is 0. The van der Waals surface area contributed by atoms with Crippen LogP contribution in [0.4, 0.5) is 0 Å². The molecule has 0 aliphatic heterocycles. The third-order valence-electron chi connectivity index (χ3n) is 6.89. The van der Waals surface area contributed by atoms with Gasteiger partial charge in [-0.1, -0.05) is 40.0 Å². The molecule has 0 unspecified atom stereocenters. The lowest BCUT2D eigenvalue weighted by Gasteiger charge is -2.16. The van der Waals surface area contributed by atoms with E-state index >= 15 is 0 Å². The molecule has 0 saturated carbocycles. The van der Waals surface area contributed by atoms with Crippen molar-refractivity contribution in [1.29, 1.82) is 0 Å². The maximum Gasteiger partial charge on any atom is 0.246 e. The Balaban J connectivity index is 3.78. The minimum absolute atomic E-state index is 0.000643. The van der Waals surface area contributed by atoms with Crippen molar-refractivity contribution in [3.8, 4) is 0 Å². The Kier molecular flexibility index (Phi) is 24.0. The number of unbranched alkanes of at least 4 members (excludes halogenated alkanes) is 7. The SMILES string of the molecule is CCCCCCN(O)C(=O)CCC(=O)NCCCCCN(O)C(=O)CCC(=O)NCCCCCN(O)C(=O)CCC(C)C. The van der Waals surface area contributed by atoms with Gasteiger partial charge in [0.05, 0.1) is 0 Å². The van der Waals surface area contributed by atoms with Gasteiger partial charge < -0.3 is 10.6 Å². The number of carbonyl (C=O) groups is 5. The van der Waals surface area contributed by atoms with Crippen LogP contribution in [-0.2, 0) is 24.0 Å². The molecule has 0 aromatic rings. The molecule has 0 fully saturated rings. The highest BCUT2D eigenvalue weighted by molar-refractivity contribution is 5.83. The summed E-state index contributed by atoms with van der Waals surface area (Å²) in [7, 11) is 0. The third kappa shape index (κ3) is 23.4. The second kappa shape index (κ2) is 25.7. The molecule has 13 heteroatoms. The van der Waals surface area contributed by atoms with E-state index in [1.165, 1.54) is 0 Å². The Labute approximate surface area is 257 Å². The zero-order valence-electron chi connectivity index (χ0n) is 26.7. The van der Waals surface area contributed by atoms with Crippen molar-refractivity contribution in [3.05, 3.63) is 0 Å². The summed E-state index contributed by atoms with van der Waals surface area (Å²) in [6, 6.07) is 0. The molecule has 0 aromatic heterocycles. The van der Waals surface area contributed by atoms with Crippen molar-refractivity contribution in [2.45, 2.75) is 124 Å². The normalized spacial score (nSPS) is 10.9. The predicted octanol–water partition coefficient (Wildman–Crippen LogP) is 3.79. The van der Waals surface area contributed by atoms with Crippen molar-refractivity contribution >= 4 is 29.5 Å². The summed E-state index contributed by atoms with van der Waals surface area (Å²) in [6.45, 7) is 7.60. The Morgan fingerprint density at radius 1 is 0.535 bits per heavy atom. The molecule has 0 rings (SSSR count). The number of rotatable bonds is 26. The minimum Gasteiger partial charge on any atom is -0.356 e. The molecular weight excluding hydrogens is 558 g/mol. The molecule has 0 radical (unpaired) electrons. The summed E-state index contributed by atoms with van der Waals surface area (Å²) in [4.78, 5) is 59.6. The quantitative estimate of drug-likeness (QED) is 0.0554. The first-order chi connectivity index (χ1) is 20.5. The van der Waals surface area contributed by atoms with Crippen LogP contribution in [0.15, 0.2) is 0 Å². The van der Waals surface area contributed by atoms with Gasteiger partial charge in [-0.3, -0.25) is 39.6 Å². The van der Waals surface area contributed by atoms with E-state index in [4.69, 9.17) is 0 Å². The van der Waals surface area contributed by atoms with Gasteiger partial charge in [0.25, 0.3) is 0 Å². The average molecular weight is 616 g/mol. The number of amides is 5. The van der Waals surface area contributed by atoms with Crippen LogP contribution in [0.1, 0.15) is 124 Å². The van der Waals surface area contributed by atoms with Crippen LogP contribution in [0.5, 0.6) is 0 Å². The van der Waals surface area contributed by atoms with Crippen molar-refractivity contribution < 1.29 is 39.6 Å². The van der Waals surface area contributed by atoms with E-state index in [0.29, 0.717) is 67.7 Å². The number of hydrogen-bond acceptors (Lipinski definition) is 8. The molecule has 0 aliphatic carbocycles. The summed E-state index contributed by atoms with van der Waals surface area (Å²) in [5.41, 5.74) is 0. The molecule has 0 heterocycles. The van der Waals surface area contributed by atoms with Gasteiger partial charge in [-0.15, -0.1) is 0 Å². The standard InChI is InChI=1S/C30H57N5O8/c1-4-5-6-11-22-34(42)29(39)18-15-26(36)32-21-10-8-13-24-35(43)30(40)19-16-27(37)31-20-9-7-12-23-33(41)28(38)17-14-25(2)3/h25,41-43H,4-24H2,1-3H3,(H,31,37)(H,32,36). The maximum absolute atomic E-state index is 12.1. The molecule has 0 aliphatic rings. The Hall–Kier alpha value is -2.77. The fourth-order valence-corrected chi connectivity index (χ4v) is 4.06. The second-order valence-corrected chi connectivity index (χ2v) is 11.4. The summed E-state index contributed by atoms with van der Waals surface area (Å²) >= 11 is 0. The Morgan fingerprint density at radius 3 is 1.28 bits per heavy atom. The van der Waals surface area contributed by atoms with E-state index in [1.54, 1.807) is 0 Å². The van der Waals surface area contributed by atoms with Crippen LogP contribution in [-0.4, -0.2) is 93.1 Å². The van der Waals surface area contributed by atoms with Gasteiger partial charge in [-0.2, -0.15) is 0 Å². The third-order valence-corrected chi connectivity index (χ3v) is 6.89. The van der Waals surface area contributed by atoms with Gasteiger partial charge in [0.15, 0.2) is 0 Å². The molecule has 5 amide bonds. The first-order valence-electron chi connectivity index (χ1n) is 16.0. The highest BCUT2D eigenvalue weighted by atomic mass is 16.5. The number of hydroxylamine groups is 6. The minimum atomic E-state index is -0.540. The van der Waals surface area contributed by atoms with Crippen LogP contribution in [0.25, 0.3) is 0 Å². The monoisotopic (exact) mass is 615 g/mol. The molecule has 250 valence electrons. The number of hydrogen-bond donors (Lipinski definition) is 5. The average Bonchev–Trinajstić information content (AvgIpc) is 2.98. The van der Waals surface area contributed by atoms with Crippen molar-refractivity contribution in [1.82, 2.24) is 25.8 Å². The second-order valence-electron chi connectivity index (χ2n) is 11.4. The molecule has 43 heavy (non-hydrogen) atoms. The first-order valence-corrected chi connectivity index (χ1v) is 16.0. The zero-order valence-corrected chi connectivity index (χ0v) is 26.7. The smallest absolute Gasteiger partial charge is 0.246 e.